The second kappa shape index (κ2) is 6.05. The number of halogens is 1. The van der Waals surface area contributed by atoms with Crippen LogP contribution >= 0.6 is 0 Å². The van der Waals surface area contributed by atoms with E-state index in [9.17, 15) is 9.18 Å². The fourth-order valence-electron chi connectivity index (χ4n) is 3.30. The standard InChI is InChI=1S/C20H19FN4O/c1-4-16-18(13-5-7-14(21)8-6-13)19-22-11-15-17(25(19)23-16)9-10-24(12(2)3)20(15)26/h5-12H,4H2,1-3H3. The van der Waals surface area contributed by atoms with Crippen LogP contribution in [-0.4, -0.2) is 19.2 Å². The fraction of sp³-hybridized carbons (Fsp3) is 0.250. The molecule has 0 atom stereocenters. The maximum atomic E-state index is 13.3. The smallest absolute Gasteiger partial charge is 0.261 e. The largest absolute Gasteiger partial charge is 0.312 e. The van der Waals surface area contributed by atoms with Crippen LogP contribution in [0.5, 0.6) is 0 Å². The van der Waals surface area contributed by atoms with Crippen molar-refractivity contribution in [1.29, 1.82) is 0 Å². The molecule has 0 bridgehead atoms. The van der Waals surface area contributed by atoms with Gasteiger partial charge in [0.15, 0.2) is 5.65 Å². The Labute approximate surface area is 149 Å². The predicted octanol–water partition coefficient (Wildman–Crippen LogP) is 3.99. The second-order valence-electron chi connectivity index (χ2n) is 6.60. The number of benzene rings is 1. The van der Waals surface area contributed by atoms with E-state index < -0.39 is 0 Å². The monoisotopic (exact) mass is 350 g/mol. The molecule has 0 N–H and O–H groups in total. The van der Waals surface area contributed by atoms with Crippen LogP contribution in [0.25, 0.3) is 27.7 Å². The summed E-state index contributed by atoms with van der Waals surface area (Å²) in [6.45, 7) is 5.95. The Morgan fingerprint density at radius 1 is 1.15 bits per heavy atom. The van der Waals surface area contributed by atoms with Crippen molar-refractivity contribution < 1.29 is 4.39 Å². The highest BCUT2D eigenvalue weighted by Crippen LogP contribution is 2.29. The van der Waals surface area contributed by atoms with Crippen molar-refractivity contribution >= 4 is 16.6 Å². The van der Waals surface area contributed by atoms with E-state index in [1.54, 1.807) is 33.6 Å². The maximum Gasteiger partial charge on any atom is 0.261 e. The molecular formula is C20H19FN4O. The first-order chi connectivity index (χ1) is 12.5. The van der Waals surface area contributed by atoms with Gasteiger partial charge in [-0.05, 0) is 44.0 Å². The lowest BCUT2D eigenvalue weighted by Gasteiger charge is -2.10. The fourth-order valence-corrected chi connectivity index (χ4v) is 3.30. The van der Waals surface area contributed by atoms with E-state index >= 15 is 0 Å². The van der Waals surface area contributed by atoms with Gasteiger partial charge in [0.2, 0.25) is 0 Å². The van der Waals surface area contributed by atoms with Crippen LogP contribution in [0.2, 0.25) is 0 Å². The van der Waals surface area contributed by atoms with E-state index in [-0.39, 0.29) is 17.4 Å². The predicted molar refractivity (Wildman–Crippen MR) is 99.9 cm³/mol. The molecule has 0 aliphatic heterocycles. The van der Waals surface area contributed by atoms with Gasteiger partial charge in [0.25, 0.3) is 5.56 Å². The highest BCUT2D eigenvalue weighted by atomic mass is 19.1. The zero-order chi connectivity index (χ0) is 18.4. The number of aryl methyl sites for hydroxylation is 1. The van der Waals surface area contributed by atoms with Gasteiger partial charge in [-0.2, -0.15) is 5.10 Å². The number of nitrogens with zero attached hydrogens (tertiary/aromatic N) is 4. The van der Waals surface area contributed by atoms with Crippen molar-refractivity contribution in [3.8, 4) is 11.1 Å². The first kappa shape index (κ1) is 16.4. The van der Waals surface area contributed by atoms with E-state index in [0.29, 0.717) is 17.5 Å². The van der Waals surface area contributed by atoms with Crippen LogP contribution in [-0.2, 0) is 6.42 Å². The second-order valence-corrected chi connectivity index (χ2v) is 6.60. The van der Waals surface area contributed by atoms with Crippen molar-refractivity contribution in [3.05, 3.63) is 64.6 Å². The van der Waals surface area contributed by atoms with Crippen LogP contribution in [0.4, 0.5) is 4.39 Å². The van der Waals surface area contributed by atoms with Crippen molar-refractivity contribution in [2.45, 2.75) is 33.2 Å². The Hall–Kier alpha value is -3.02. The highest BCUT2D eigenvalue weighted by Gasteiger charge is 2.18. The van der Waals surface area contributed by atoms with Gasteiger partial charge in [0, 0.05) is 24.0 Å². The summed E-state index contributed by atoms with van der Waals surface area (Å²) in [7, 11) is 0. The number of fused-ring (bicyclic) bond motifs is 3. The normalized spacial score (nSPS) is 11.7. The van der Waals surface area contributed by atoms with Crippen LogP contribution in [0.1, 0.15) is 32.5 Å². The summed E-state index contributed by atoms with van der Waals surface area (Å²) in [5.74, 6) is -0.282. The minimum Gasteiger partial charge on any atom is -0.312 e. The minimum atomic E-state index is -0.282. The SMILES string of the molecule is CCc1nn2c(ncc3c(=O)n(C(C)C)ccc32)c1-c1ccc(F)cc1. The Morgan fingerprint density at radius 3 is 2.54 bits per heavy atom. The van der Waals surface area contributed by atoms with Crippen molar-refractivity contribution in [1.82, 2.24) is 19.2 Å². The zero-order valence-electron chi connectivity index (χ0n) is 14.9. The third-order valence-electron chi connectivity index (χ3n) is 4.64. The number of hydrogen-bond donors (Lipinski definition) is 0. The molecule has 4 rings (SSSR count). The van der Waals surface area contributed by atoms with Crippen LogP contribution in [0, 0.1) is 5.82 Å². The van der Waals surface area contributed by atoms with Crippen LogP contribution in [0.15, 0.2) is 47.5 Å². The summed E-state index contributed by atoms with van der Waals surface area (Å²) < 4.78 is 16.7. The van der Waals surface area contributed by atoms with Gasteiger partial charge in [-0.1, -0.05) is 19.1 Å². The van der Waals surface area contributed by atoms with Gasteiger partial charge in [-0.3, -0.25) is 4.79 Å². The summed E-state index contributed by atoms with van der Waals surface area (Å²) in [6.07, 6.45) is 4.11. The number of aromatic nitrogens is 4. The quantitative estimate of drug-likeness (QED) is 0.561. The molecule has 1 aromatic carbocycles. The zero-order valence-corrected chi connectivity index (χ0v) is 14.9. The number of rotatable bonds is 3. The summed E-state index contributed by atoms with van der Waals surface area (Å²) >= 11 is 0. The molecule has 0 aliphatic carbocycles. The molecular weight excluding hydrogens is 331 g/mol. The molecule has 0 amide bonds. The van der Waals surface area contributed by atoms with E-state index in [4.69, 9.17) is 0 Å². The molecule has 6 heteroatoms. The number of hydrogen-bond acceptors (Lipinski definition) is 3. The molecule has 0 unspecified atom stereocenters. The average Bonchev–Trinajstić information content (AvgIpc) is 3.01. The van der Waals surface area contributed by atoms with E-state index in [1.807, 2.05) is 26.8 Å². The van der Waals surface area contributed by atoms with Crippen molar-refractivity contribution in [2.75, 3.05) is 0 Å². The third kappa shape index (κ3) is 2.41. The molecule has 0 fully saturated rings. The molecule has 0 saturated carbocycles. The Morgan fingerprint density at radius 2 is 1.88 bits per heavy atom. The summed E-state index contributed by atoms with van der Waals surface area (Å²) in [5.41, 5.74) is 3.92. The van der Waals surface area contributed by atoms with Crippen molar-refractivity contribution in [3.63, 3.8) is 0 Å². The molecule has 3 aromatic heterocycles. The summed E-state index contributed by atoms with van der Waals surface area (Å²) in [5, 5.41) is 5.22. The summed E-state index contributed by atoms with van der Waals surface area (Å²) in [6, 6.07) is 8.29. The minimum absolute atomic E-state index is 0.0706. The summed E-state index contributed by atoms with van der Waals surface area (Å²) in [4.78, 5) is 17.3. The first-order valence-corrected chi connectivity index (χ1v) is 8.68. The average molecular weight is 350 g/mol. The van der Waals surface area contributed by atoms with E-state index in [0.717, 1.165) is 22.3 Å². The molecule has 5 nitrogen and oxygen atoms in total. The molecule has 0 radical (unpaired) electrons. The highest BCUT2D eigenvalue weighted by molar-refractivity contribution is 5.86. The van der Waals surface area contributed by atoms with Gasteiger partial charge in [-0.15, -0.1) is 0 Å². The third-order valence-corrected chi connectivity index (χ3v) is 4.64. The lowest BCUT2D eigenvalue weighted by Crippen LogP contribution is -2.22. The lowest BCUT2D eigenvalue weighted by molar-refractivity contribution is 0.582. The topological polar surface area (TPSA) is 52.2 Å². The lowest BCUT2D eigenvalue weighted by atomic mass is 10.0. The Kier molecular flexibility index (Phi) is 3.83. The van der Waals surface area contributed by atoms with Gasteiger partial charge >= 0.3 is 0 Å². The van der Waals surface area contributed by atoms with E-state index in [1.165, 1.54) is 12.1 Å². The van der Waals surface area contributed by atoms with E-state index in [2.05, 4.69) is 10.1 Å². The molecule has 0 spiro atoms. The van der Waals surface area contributed by atoms with Gasteiger partial charge in [-0.25, -0.2) is 13.9 Å². The molecule has 0 aliphatic rings. The van der Waals surface area contributed by atoms with Gasteiger partial charge in [0.1, 0.15) is 5.82 Å². The Balaban J connectivity index is 2.06. The molecule has 4 aromatic rings. The van der Waals surface area contributed by atoms with Crippen LogP contribution in [0.3, 0.4) is 0 Å². The van der Waals surface area contributed by atoms with Crippen LogP contribution < -0.4 is 5.56 Å². The van der Waals surface area contributed by atoms with Gasteiger partial charge < -0.3 is 4.57 Å². The van der Waals surface area contributed by atoms with Crippen molar-refractivity contribution in [2.24, 2.45) is 0 Å². The first-order valence-electron chi connectivity index (χ1n) is 8.68. The molecule has 26 heavy (non-hydrogen) atoms. The number of pyridine rings is 1. The molecule has 0 saturated heterocycles. The molecule has 3 heterocycles. The molecule has 132 valence electrons. The maximum absolute atomic E-state index is 13.3. The Bertz CT molecular complexity index is 1170. The van der Waals surface area contributed by atoms with Gasteiger partial charge in [0.05, 0.1) is 16.6 Å².